The van der Waals surface area contributed by atoms with E-state index in [9.17, 15) is 9.59 Å². The number of H-pyrrole nitrogens is 1. The van der Waals surface area contributed by atoms with Crippen molar-refractivity contribution < 1.29 is 14.3 Å². The molecular formula is C21H23N5O3. The lowest BCUT2D eigenvalue weighted by Crippen LogP contribution is -2.39. The largest absolute Gasteiger partial charge is 0.497 e. The van der Waals surface area contributed by atoms with Gasteiger partial charge in [-0.25, -0.2) is 0 Å². The molecule has 1 aromatic heterocycles. The third kappa shape index (κ3) is 4.37. The zero-order valence-electron chi connectivity index (χ0n) is 16.1. The summed E-state index contributed by atoms with van der Waals surface area (Å²) in [5.41, 5.74) is 2.76. The Kier molecular flexibility index (Phi) is 5.41. The molecule has 29 heavy (non-hydrogen) atoms. The number of nitrogens with zero attached hydrogens (tertiary/aromatic N) is 2. The molecule has 0 spiro atoms. The second-order valence-corrected chi connectivity index (χ2v) is 7.27. The predicted octanol–water partition coefficient (Wildman–Crippen LogP) is 2.89. The lowest BCUT2D eigenvalue weighted by molar-refractivity contribution is -0.120. The number of aromatic nitrogens is 3. The SMILES string of the molecule is COc1cccc(C(=O)NC2CCC(C(=O)Nc3ccc4n[nH]nc4c3)CC2)c1. The molecule has 1 heterocycles. The number of hydrogen-bond acceptors (Lipinski definition) is 5. The van der Waals surface area contributed by atoms with Crippen molar-refractivity contribution >= 4 is 28.5 Å². The van der Waals surface area contributed by atoms with Gasteiger partial charge in [0.2, 0.25) is 5.91 Å². The van der Waals surface area contributed by atoms with Gasteiger partial charge in [0.05, 0.1) is 7.11 Å². The Morgan fingerprint density at radius 1 is 1.03 bits per heavy atom. The van der Waals surface area contributed by atoms with Crippen LogP contribution in [0, 0.1) is 5.92 Å². The molecule has 3 N–H and O–H groups in total. The molecule has 0 saturated heterocycles. The maximum atomic E-state index is 12.6. The van der Waals surface area contributed by atoms with Crippen molar-refractivity contribution in [2.24, 2.45) is 5.92 Å². The Bertz CT molecular complexity index is 1020. The van der Waals surface area contributed by atoms with Crippen LogP contribution in [-0.4, -0.2) is 40.4 Å². The fraction of sp³-hybridized carbons (Fsp3) is 0.333. The number of methoxy groups -OCH3 is 1. The first kappa shape index (κ1) is 18.9. The van der Waals surface area contributed by atoms with Crippen LogP contribution < -0.4 is 15.4 Å². The van der Waals surface area contributed by atoms with Gasteiger partial charge in [0.1, 0.15) is 16.8 Å². The van der Waals surface area contributed by atoms with Crippen LogP contribution in [0.2, 0.25) is 0 Å². The number of aromatic amines is 1. The van der Waals surface area contributed by atoms with Crippen LogP contribution in [0.1, 0.15) is 36.0 Å². The number of amides is 2. The highest BCUT2D eigenvalue weighted by molar-refractivity contribution is 5.95. The van der Waals surface area contributed by atoms with Gasteiger partial charge in [-0.1, -0.05) is 6.07 Å². The van der Waals surface area contributed by atoms with E-state index < -0.39 is 0 Å². The van der Waals surface area contributed by atoms with Crippen LogP contribution >= 0.6 is 0 Å². The first-order chi connectivity index (χ1) is 14.1. The fourth-order valence-corrected chi connectivity index (χ4v) is 3.70. The molecule has 0 unspecified atom stereocenters. The predicted molar refractivity (Wildman–Crippen MR) is 109 cm³/mol. The van der Waals surface area contributed by atoms with E-state index in [0.29, 0.717) is 22.5 Å². The molecule has 0 bridgehead atoms. The van der Waals surface area contributed by atoms with Crippen molar-refractivity contribution in [3.8, 4) is 5.75 Å². The van der Waals surface area contributed by atoms with Crippen molar-refractivity contribution in [3.05, 3.63) is 48.0 Å². The molecule has 2 amide bonds. The topological polar surface area (TPSA) is 109 Å². The van der Waals surface area contributed by atoms with Crippen LogP contribution in [0.5, 0.6) is 5.75 Å². The Balaban J connectivity index is 1.29. The summed E-state index contributed by atoms with van der Waals surface area (Å²) < 4.78 is 5.17. The number of rotatable bonds is 5. The molecule has 8 heteroatoms. The van der Waals surface area contributed by atoms with E-state index in [0.717, 1.165) is 31.2 Å². The van der Waals surface area contributed by atoms with Gasteiger partial charge in [0.25, 0.3) is 5.91 Å². The lowest BCUT2D eigenvalue weighted by atomic mass is 9.85. The molecule has 1 fully saturated rings. The normalized spacial score (nSPS) is 18.9. The summed E-state index contributed by atoms with van der Waals surface area (Å²) in [6.45, 7) is 0. The van der Waals surface area contributed by atoms with Crippen molar-refractivity contribution in [3.63, 3.8) is 0 Å². The van der Waals surface area contributed by atoms with Gasteiger partial charge in [0.15, 0.2) is 0 Å². The highest BCUT2D eigenvalue weighted by atomic mass is 16.5. The van der Waals surface area contributed by atoms with Crippen LogP contribution in [0.25, 0.3) is 11.0 Å². The molecule has 1 aliphatic carbocycles. The summed E-state index contributed by atoms with van der Waals surface area (Å²) in [6, 6.07) is 12.6. The van der Waals surface area contributed by atoms with E-state index in [2.05, 4.69) is 26.0 Å². The minimum absolute atomic E-state index is 0.00502. The van der Waals surface area contributed by atoms with Crippen molar-refractivity contribution in [1.82, 2.24) is 20.7 Å². The van der Waals surface area contributed by atoms with Gasteiger partial charge in [-0.2, -0.15) is 15.4 Å². The summed E-state index contributed by atoms with van der Waals surface area (Å²) in [7, 11) is 1.58. The quantitative estimate of drug-likeness (QED) is 0.618. The van der Waals surface area contributed by atoms with Gasteiger partial charge >= 0.3 is 0 Å². The van der Waals surface area contributed by atoms with Gasteiger partial charge in [-0.15, -0.1) is 0 Å². The highest BCUT2D eigenvalue weighted by Gasteiger charge is 2.27. The third-order valence-corrected chi connectivity index (χ3v) is 5.35. The zero-order chi connectivity index (χ0) is 20.2. The van der Waals surface area contributed by atoms with Crippen LogP contribution in [0.15, 0.2) is 42.5 Å². The summed E-state index contributed by atoms with van der Waals surface area (Å²) in [5.74, 6) is 0.484. The average molecular weight is 393 g/mol. The number of anilines is 1. The van der Waals surface area contributed by atoms with Crippen LogP contribution in [-0.2, 0) is 4.79 Å². The van der Waals surface area contributed by atoms with E-state index in [1.807, 2.05) is 12.1 Å². The molecule has 4 rings (SSSR count). The first-order valence-corrected chi connectivity index (χ1v) is 9.68. The summed E-state index contributed by atoms with van der Waals surface area (Å²) >= 11 is 0. The van der Waals surface area contributed by atoms with Crippen molar-refractivity contribution in [1.29, 1.82) is 0 Å². The van der Waals surface area contributed by atoms with E-state index in [1.165, 1.54) is 0 Å². The first-order valence-electron chi connectivity index (χ1n) is 9.68. The number of ether oxygens (including phenoxy) is 1. The third-order valence-electron chi connectivity index (χ3n) is 5.35. The second kappa shape index (κ2) is 8.30. The van der Waals surface area contributed by atoms with Crippen molar-refractivity contribution in [2.75, 3.05) is 12.4 Å². The van der Waals surface area contributed by atoms with Gasteiger partial charge < -0.3 is 15.4 Å². The van der Waals surface area contributed by atoms with Gasteiger partial charge in [-0.3, -0.25) is 9.59 Å². The van der Waals surface area contributed by atoms with Gasteiger partial charge in [-0.05, 0) is 62.1 Å². The standard InChI is InChI=1S/C21H23N5O3/c1-29-17-4-2-3-14(11-17)21(28)22-15-7-5-13(6-8-15)20(27)23-16-9-10-18-19(12-16)25-26-24-18/h2-4,9-13,15H,5-8H2,1H3,(H,22,28)(H,23,27)(H,24,25,26). The van der Waals surface area contributed by atoms with Crippen LogP contribution in [0.3, 0.4) is 0 Å². The second-order valence-electron chi connectivity index (χ2n) is 7.27. The Morgan fingerprint density at radius 3 is 2.62 bits per heavy atom. The maximum absolute atomic E-state index is 12.6. The maximum Gasteiger partial charge on any atom is 0.251 e. The molecular weight excluding hydrogens is 370 g/mol. The molecule has 1 aliphatic rings. The number of nitrogens with one attached hydrogen (secondary N) is 3. The molecule has 2 aromatic carbocycles. The molecule has 1 saturated carbocycles. The molecule has 8 nitrogen and oxygen atoms in total. The Morgan fingerprint density at radius 2 is 1.83 bits per heavy atom. The molecule has 3 aromatic rings. The summed E-state index contributed by atoms with van der Waals surface area (Å²) in [5, 5.41) is 16.6. The fourth-order valence-electron chi connectivity index (χ4n) is 3.70. The van der Waals surface area contributed by atoms with Gasteiger partial charge in [0, 0.05) is 23.2 Å². The minimum Gasteiger partial charge on any atom is -0.497 e. The van der Waals surface area contributed by atoms with Crippen LogP contribution in [0.4, 0.5) is 5.69 Å². The minimum atomic E-state index is -0.113. The average Bonchev–Trinajstić information content (AvgIpc) is 3.22. The van der Waals surface area contributed by atoms with E-state index >= 15 is 0 Å². The van der Waals surface area contributed by atoms with Crippen molar-refractivity contribution in [2.45, 2.75) is 31.7 Å². The molecule has 150 valence electrons. The van der Waals surface area contributed by atoms with E-state index in [4.69, 9.17) is 4.74 Å². The summed E-state index contributed by atoms with van der Waals surface area (Å²) in [6.07, 6.45) is 3.02. The number of hydrogen-bond donors (Lipinski definition) is 3. The Hall–Kier alpha value is -3.42. The smallest absolute Gasteiger partial charge is 0.251 e. The number of carbonyl (C=O) groups is 2. The number of benzene rings is 2. The van der Waals surface area contributed by atoms with E-state index in [1.54, 1.807) is 37.4 Å². The summed E-state index contributed by atoms with van der Waals surface area (Å²) in [4.78, 5) is 25.1. The lowest BCUT2D eigenvalue weighted by Gasteiger charge is -2.28. The Labute approximate surface area is 168 Å². The molecule has 0 radical (unpaired) electrons. The molecule has 0 atom stereocenters. The highest BCUT2D eigenvalue weighted by Crippen LogP contribution is 2.26. The zero-order valence-corrected chi connectivity index (χ0v) is 16.1. The van der Waals surface area contributed by atoms with E-state index in [-0.39, 0.29) is 23.8 Å². The number of carbonyl (C=O) groups excluding carboxylic acids is 2. The monoisotopic (exact) mass is 393 g/mol. The number of fused-ring (bicyclic) bond motifs is 1. The molecule has 0 aliphatic heterocycles.